The normalized spacial score (nSPS) is 32.3. The molecule has 3 atom stereocenters. The van der Waals surface area contributed by atoms with Crippen molar-refractivity contribution in [2.45, 2.75) is 39.2 Å². The number of rotatable bonds is 3. The third-order valence-corrected chi connectivity index (χ3v) is 4.94. The van der Waals surface area contributed by atoms with Gasteiger partial charge in [-0.25, -0.2) is 0 Å². The lowest BCUT2D eigenvalue weighted by Gasteiger charge is -2.21. The second kappa shape index (κ2) is 4.13. The summed E-state index contributed by atoms with van der Waals surface area (Å²) in [5.74, 6) is 2.95. The molecule has 92 valence electrons. The van der Waals surface area contributed by atoms with Gasteiger partial charge in [0.2, 0.25) is 0 Å². The predicted octanol–water partition coefficient (Wildman–Crippen LogP) is 3.61. The number of hydrogen-bond donors (Lipinski definition) is 1. The molecular formula is C16H23N. The highest BCUT2D eigenvalue weighted by Crippen LogP contribution is 2.62. The quantitative estimate of drug-likeness (QED) is 0.835. The fourth-order valence-electron chi connectivity index (χ4n) is 4.02. The van der Waals surface area contributed by atoms with Crippen LogP contribution in [0, 0.1) is 31.6 Å². The summed E-state index contributed by atoms with van der Waals surface area (Å²) in [4.78, 5) is 0. The molecule has 2 fully saturated rings. The molecule has 1 nitrogen and oxygen atoms in total. The van der Waals surface area contributed by atoms with E-state index in [0.717, 1.165) is 17.8 Å². The first kappa shape index (κ1) is 11.3. The summed E-state index contributed by atoms with van der Waals surface area (Å²) in [7, 11) is 2.13. The van der Waals surface area contributed by atoms with Gasteiger partial charge in [-0.05, 0) is 62.6 Å². The molecule has 0 spiro atoms. The smallest absolute Gasteiger partial charge is 0.0354 e. The number of nitrogens with one attached hydrogen (secondary N) is 1. The van der Waals surface area contributed by atoms with E-state index >= 15 is 0 Å². The lowest BCUT2D eigenvalue weighted by Crippen LogP contribution is -2.21. The van der Waals surface area contributed by atoms with Gasteiger partial charge >= 0.3 is 0 Å². The van der Waals surface area contributed by atoms with Gasteiger partial charge in [0.25, 0.3) is 0 Å². The van der Waals surface area contributed by atoms with E-state index in [1.807, 2.05) is 0 Å². The zero-order valence-electron chi connectivity index (χ0n) is 11.2. The predicted molar refractivity (Wildman–Crippen MR) is 72.0 cm³/mol. The Balaban J connectivity index is 1.88. The summed E-state index contributed by atoms with van der Waals surface area (Å²) in [6, 6.07) is 7.46. The summed E-state index contributed by atoms with van der Waals surface area (Å²) in [6.45, 7) is 4.45. The average molecular weight is 229 g/mol. The summed E-state index contributed by atoms with van der Waals surface area (Å²) >= 11 is 0. The fourth-order valence-corrected chi connectivity index (χ4v) is 4.02. The molecule has 0 aliphatic heterocycles. The van der Waals surface area contributed by atoms with E-state index in [2.05, 4.69) is 44.4 Å². The van der Waals surface area contributed by atoms with Crippen LogP contribution >= 0.6 is 0 Å². The largest absolute Gasteiger partial charge is 0.313 e. The van der Waals surface area contributed by atoms with Crippen LogP contribution in [0.5, 0.6) is 0 Å². The van der Waals surface area contributed by atoms with Crippen LogP contribution in [0.15, 0.2) is 18.2 Å². The SMILES string of the molecule is CNC(c1cc(C)ccc1C)C1C2CCCC21. The maximum absolute atomic E-state index is 3.58. The Morgan fingerprint density at radius 2 is 1.88 bits per heavy atom. The van der Waals surface area contributed by atoms with Gasteiger partial charge in [0.05, 0.1) is 0 Å². The van der Waals surface area contributed by atoms with Crippen molar-refractivity contribution in [1.82, 2.24) is 5.32 Å². The van der Waals surface area contributed by atoms with Crippen LogP contribution in [0.4, 0.5) is 0 Å². The molecule has 3 unspecified atom stereocenters. The standard InChI is InChI=1S/C16H23N/c1-10-7-8-11(2)14(9-10)16(17-3)15-12-5-4-6-13(12)15/h7-9,12-13,15-17H,4-6H2,1-3H3. The minimum Gasteiger partial charge on any atom is -0.313 e. The second-order valence-electron chi connectivity index (χ2n) is 5.96. The third kappa shape index (κ3) is 1.81. The Hall–Kier alpha value is -0.820. The monoisotopic (exact) mass is 229 g/mol. The molecule has 0 radical (unpaired) electrons. The summed E-state index contributed by atoms with van der Waals surface area (Å²) in [6.07, 6.45) is 4.41. The molecule has 1 N–H and O–H groups in total. The fraction of sp³-hybridized carbons (Fsp3) is 0.625. The molecule has 2 aliphatic rings. The maximum atomic E-state index is 3.58. The van der Waals surface area contributed by atoms with E-state index in [1.165, 1.54) is 36.0 Å². The van der Waals surface area contributed by atoms with E-state index in [0.29, 0.717) is 6.04 Å². The Morgan fingerprint density at radius 1 is 1.18 bits per heavy atom. The average Bonchev–Trinajstić information content (AvgIpc) is 2.79. The van der Waals surface area contributed by atoms with E-state index in [4.69, 9.17) is 0 Å². The lowest BCUT2D eigenvalue weighted by atomic mass is 9.92. The first-order valence-electron chi connectivity index (χ1n) is 6.97. The maximum Gasteiger partial charge on any atom is 0.0354 e. The van der Waals surface area contributed by atoms with Crippen molar-refractivity contribution >= 4 is 0 Å². The van der Waals surface area contributed by atoms with Gasteiger partial charge in [-0.15, -0.1) is 0 Å². The highest BCUT2D eigenvalue weighted by molar-refractivity contribution is 5.35. The van der Waals surface area contributed by atoms with Crippen molar-refractivity contribution in [3.8, 4) is 0 Å². The highest BCUT2D eigenvalue weighted by atomic mass is 14.9. The van der Waals surface area contributed by atoms with Crippen molar-refractivity contribution < 1.29 is 0 Å². The van der Waals surface area contributed by atoms with Gasteiger partial charge in [0.15, 0.2) is 0 Å². The van der Waals surface area contributed by atoms with Crippen LogP contribution in [-0.4, -0.2) is 7.05 Å². The minimum atomic E-state index is 0.588. The zero-order chi connectivity index (χ0) is 12.0. The second-order valence-corrected chi connectivity index (χ2v) is 5.96. The number of aryl methyl sites for hydroxylation is 2. The molecule has 0 amide bonds. The topological polar surface area (TPSA) is 12.0 Å². The number of benzene rings is 1. The van der Waals surface area contributed by atoms with Crippen LogP contribution in [0.1, 0.15) is 42.0 Å². The van der Waals surface area contributed by atoms with Crippen molar-refractivity contribution in [2.24, 2.45) is 17.8 Å². The van der Waals surface area contributed by atoms with Gasteiger partial charge in [-0.1, -0.05) is 30.2 Å². The minimum absolute atomic E-state index is 0.588. The summed E-state index contributed by atoms with van der Waals surface area (Å²) in [5.41, 5.74) is 4.36. The molecule has 0 aromatic heterocycles. The molecule has 1 aromatic carbocycles. The van der Waals surface area contributed by atoms with Crippen molar-refractivity contribution in [2.75, 3.05) is 7.05 Å². The van der Waals surface area contributed by atoms with Gasteiger partial charge in [-0.2, -0.15) is 0 Å². The van der Waals surface area contributed by atoms with E-state index < -0.39 is 0 Å². The Kier molecular flexibility index (Phi) is 2.74. The molecule has 2 saturated carbocycles. The molecule has 0 heterocycles. The zero-order valence-corrected chi connectivity index (χ0v) is 11.2. The number of hydrogen-bond acceptors (Lipinski definition) is 1. The van der Waals surface area contributed by atoms with Crippen molar-refractivity contribution in [1.29, 1.82) is 0 Å². The highest BCUT2D eigenvalue weighted by Gasteiger charge is 2.55. The third-order valence-electron chi connectivity index (χ3n) is 4.94. The van der Waals surface area contributed by atoms with E-state index in [-0.39, 0.29) is 0 Å². The van der Waals surface area contributed by atoms with Crippen LogP contribution in [0.3, 0.4) is 0 Å². The summed E-state index contributed by atoms with van der Waals surface area (Å²) in [5, 5.41) is 3.58. The molecule has 0 bridgehead atoms. The molecule has 3 rings (SSSR count). The molecule has 17 heavy (non-hydrogen) atoms. The van der Waals surface area contributed by atoms with Gasteiger partial charge < -0.3 is 5.32 Å². The molecule has 1 heteroatoms. The van der Waals surface area contributed by atoms with E-state index in [9.17, 15) is 0 Å². The van der Waals surface area contributed by atoms with Gasteiger partial charge in [-0.3, -0.25) is 0 Å². The van der Waals surface area contributed by atoms with Crippen LogP contribution in [0.25, 0.3) is 0 Å². The molecule has 0 saturated heterocycles. The van der Waals surface area contributed by atoms with E-state index in [1.54, 1.807) is 0 Å². The summed E-state index contributed by atoms with van der Waals surface area (Å²) < 4.78 is 0. The Bertz CT molecular complexity index is 414. The van der Waals surface area contributed by atoms with Crippen molar-refractivity contribution in [3.63, 3.8) is 0 Å². The van der Waals surface area contributed by atoms with Gasteiger partial charge in [0, 0.05) is 6.04 Å². The molecular weight excluding hydrogens is 206 g/mol. The Labute approximate surface area is 105 Å². The van der Waals surface area contributed by atoms with Crippen molar-refractivity contribution in [3.05, 3.63) is 34.9 Å². The molecule has 2 aliphatic carbocycles. The van der Waals surface area contributed by atoms with Crippen LogP contribution in [-0.2, 0) is 0 Å². The van der Waals surface area contributed by atoms with Crippen LogP contribution in [0.2, 0.25) is 0 Å². The molecule has 1 aromatic rings. The first-order valence-corrected chi connectivity index (χ1v) is 6.97. The lowest BCUT2D eigenvalue weighted by molar-refractivity contribution is 0.443. The Morgan fingerprint density at radius 3 is 2.53 bits per heavy atom. The van der Waals surface area contributed by atoms with Crippen LogP contribution < -0.4 is 5.32 Å². The first-order chi connectivity index (χ1) is 8.22. The number of fused-ring (bicyclic) bond motifs is 1. The van der Waals surface area contributed by atoms with Gasteiger partial charge in [0.1, 0.15) is 0 Å².